The molecule has 0 fully saturated rings. The van der Waals surface area contributed by atoms with Crippen molar-refractivity contribution < 1.29 is 13.9 Å². The van der Waals surface area contributed by atoms with Gasteiger partial charge in [-0.05, 0) is 25.1 Å². The maximum absolute atomic E-state index is 13.0. The largest absolute Gasteiger partial charge is 0.412 e. The quantitative estimate of drug-likeness (QED) is 0.738. The first-order valence-corrected chi connectivity index (χ1v) is 4.64. The van der Waals surface area contributed by atoms with Gasteiger partial charge in [-0.2, -0.15) is 0 Å². The van der Waals surface area contributed by atoms with Crippen molar-refractivity contribution in [2.24, 2.45) is 5.73 Å². The number of nitrogens with one attached hydrogen (secondary N) is 1. The van der Waals surface area contributed by atoms with Gasteiger partial charge in [0.15, 0.2) is 11.6 Å². The zero-order chi connectivity index (χ0) is 11.1. The summed E-state index contributed by atoms with van der Waals surface area (Å²) in [6.07, 6.45) is -0.0135. The first-order chi connectivity index (χ1) is 7.24. The molecule has 0 spiro atoms. The zero-order valence-electron chi connectivity index (χ0n) is 8.20. The molecule has 1 aromatic rings. The maximum Gasteiger partial charge on any atom is 0.412 e. The topological polar surface area (TPSA) is 64.3 Å². The van der Waals surface area contributed by atoms with Gasteiger partial charge < -0.3 is 15.8 Å². The number of hydrogen-bond acceptors (Lipinski definition) is 3. The third-order valence-corrected chi connectivity index (χ3v) is 1.69. The van der Waals surface area contributed by atoms with Crippen molar-refractivity contribution in [1.82, 2.24) is 5.32 Å². The molecule has 0 radical (unpaired) electrons. The van der Waals surface area contributed by atoms with Gasteiger partial charge in [0.2, 0.25) is 0 Å². The second-order valence-electron chi connectivity index (χ2n) is 2.89. The van der Waals surface area contributed by atoms with Gasteiger partial charge in [0.1, 0.15) is 0 Å². The molecule has 1 amide bonds. The number of benzene rings is 1. The van der Waals surface area contributed by atoms with Crippen LogP contribution in [0.2, 0.25) is 0 Å². The third-order valence-electron chi connectivity index (χ3n) is 1.69. The Bertz CT molecular complexity index is 331. The average molecular weight is 212 g/mol. The summed E-state index contributed by atoms with van der Waals surface area (Å²) < 4.78 is 17.7. The number of rotatable bonds is 4. The molecule has 0 saturated heterocycles. The highest BCUT2D eigenvalue weighted by Gasteiger charge is 2.06. The SMILES string of the molecule is NCCCNC(=O)Oc1ccccc1F. The Kier molecular flexibility index (Phi) is 4.56. The third kappa shape index (κ3) is 3.95. The monoisotopic (exact) mass is 212 g/mol. The molecule has 0 saturated carbocycles. The van der Waals surface area contributed by atoms with Crippen LogP contribution in [0.25, 0.3) is 0 Å². The van der Waals surface area contributed by atoms with Crippen molar-refractivity contribution >= 4 is 6.09 Å². The number of hydrogen-bond donors (Lipinski definition) is 2. The van der Waals surface area contributed by atoms with Crippen LogP contribution in [0.1, 0.15) is 6.42 Å². The standard InChI is InChI=1S/C10H13FN2O2/c11-8-4-1-2-5-9(8)15-10(14)13-7-3-6-12/h1-2,4-5H,3,6-7,12H2,(H,13,14). The van der Waals surface area contributed by atoms with Crippen molar-refractivity contribution in [3.8, 4) is 5.75 Å². The Morgan fingerprint density at radius 3 is 2.87 bits per heavy atom. The van der Waals surface area contributed by atoms with Gasteiger partial charge in [-0.3, -0.25) is 0 Å². The highest BCUT2D eigenvalue weighted by molar-refractivity contribution is 5.70. The minimum atomic E-state index is -0.673. The highest BCUT2D eigenvalue weighted by Crippen LogP contribution is 2.15. The normalized spacial score (nSPS) is 9.73. The van der Waals surface area contributed by atoms with Crippen LogP contribution in [-0.2, 0) is 0 Å². The number of ether oxygens (including phenoxy) is 1. The number of amides is 1. The zero-order valence-corrected chi connectivity index (χ0v) is 8.20. The first-order valence-electron chi connectivity index (χ1n) is 4.64. The van der Waals surface area contributed by atoms with Crippen LogP contribution < -0.4 is 15.8 Å². The predicted octanol–water partition coefficient (Wildman–Crippen LogP) is 1.26. The molecular weight excluding hydrogens is 199 g/mol. The molecule has 0 bridgehead atoms. The van der Waals surface area contributed by atoms with Gasteiger partial charge in [-0.15, -0.1) is 0 Å². The Morgan fingerprint density at radius 1 is 1.47 bits per heavy atom. The van der Waals surface area contributed by atoms with E-state index in [-0.39, 0.29) is 5.75 Å². The Morgan fingerprint density at radius 2 is 2.20 bits per heavy atom. The smallest absolute Gasteiger partial charge is 0.407 e. The number of nitrogens with two attached hydrogens (primary N) is 1. The van der Waals surface area contributed by atoms with Crippen molar-refractivity contribution in [3.05, 3.63) is 30.1 Å². The van der Waals surface area contributed by atoms with E-state index in [1.165, 1.54) is 18.2 Å². The van der Waals surface area contributed by atoms with Crippen molar-refractivity contribution in [1.29, 1.82) is 0 Å². The fraction of sp³-hybridized carbons (Fsp3) is 0.300. The van der Waals surface area contributed by atoms with E-state index >= 15 is 0 Å². The molecule has 0 aliphatic carbocycles. The second kappa shape index (κ2) is 5.98. The molecule has 0 aliphatic rings. The van der Waals surface area contributed by atoms with Crippen LogP contribution in [-0.4, -0.2) is 19.2 Å². The molecule has 0 atom stereocenters. The number of halogens is 1. The number of carbonyl (C=O) groups excluding carboxylic acids is 1. The van der Waals surface area contributed by atoms with Crippen molar-refractivity contribution in [2.75, 3.05) is 13.1 Å². The molecule has 1 aromatic carbocycles. The minimum Gasteiger partial charge on any atom is -0.407 e. The van der Waals surface area contributed by atoms with Crippen molar-refractivity contribution in [2.45, 2.75) is 6.42 Å². The predicted molar refractivity (Wildman–Crippen MR) is 54.1 cm³/mol. The molecule has 4 nitrogen and oxygen atoms in total. The Labute approximate surface area is 87.2 Å². The van der Waals surface area contributed by atoms with Gasteiger partial charge >= 0.3 is 6.09 Å². The number of carbonyl (C=O) groups is 1. The second-order valence-corrected chi connectivity index (χ2v) is 2.89. The molecule has 1 rings (SSSR count). The van der Waals surface area contributed by atoms with E-state index in [0.29, 0.717) is 19.5 Å². The van der Waals surface area contributed by atoms with Crippen LogP contribution in [0.5, 0.6) is 5.75 Å². The first kappa shape index (κ1) is 11.5. The summed E-state index contributed by atoms with van der Waals surface area (Å²) in [6, 6.07) is 5.72. The number of para-hydroxylation sites is 1. The minimum absolute atomic E-state index is 0.0808. The molecule has 0 heterocycles. The molecule has 0 aromatic heterocycles. The summed E-state index contributed by atoms with van der Waals surface area (Å²) in [5, 5.41) is 2.45. The van der Waals surface area contributed by atoms with E-state index in [1.54, 1.807) is 6.07 Å². The Hall–Kier alpha value is -1.62. The van der Waals surface area contributed by atoms with Crippen LogP contribution in [0.4, 0.5) is 9.18 Å². The summed E-state index contributed by atoms with van der Waals surface area (Å²) in [7, 11) is 0. The molecule has 0 unspecified atom stereocenters. The van der Waals surface area contributed by atoms with Gasteiger partial charge in [0, 0.05) is 6.54 Å². The van der Waals surface area contributed by atoms with E-state index in [1.807, 2.05) is 0 Å². The summed E-state index contributed by atoms with van der Waals surface area (Å²) in [5.74, 6) is -0.644. The lowest BCUT2D eigenvalue weighted by Crippen LogP contribution is -2.29. The van der Waals surface area contributed by atoms with Gasteiger partial charge in [-0.1, -0.05) is 12.1 Å². The van der Waals surface area contributed by atoms with Gasteiger partial charge in [0.25, 0.3) is 0 Å². The van der Waals surface area contributed by atoms with Crippen LogP contribution in [0.15, 0.2) is 24.3 Å². The molecule has 15 heavy (non-hydrogen) atoms. The summed E-state index contributed by atoms with van der Waals surface area (Å²) >= 11 is 0. The molecular formula is C10H13FN2O2. The average Bonchev–Trinajstić information content (AvgIpc) is 2.22. The van der Waals surface area contributed by atoms with Crippen molar-refractivity contribution in [3.63, 3.8) is 0 Å². The van der Waals surface area contributed by atoms with E-state index in [0.717, 1.165) is 0 Å². The summed E-state index contributed by atoms with van der Waals surface area (Å²) in [4.78, 5) is 11.1. The maximum atomic E-state index is 13.0. The van der Waals surface area contributed by atoms with E-state index in [9.17, 15) is 9.18 Å². The van der Waals surface area contributed by atoms with Gasteiger partial charge in [-0.25, -0.2) is 9.18 Å². The summed E-state index contributed by atoms with van der Waals surface area (Å²) in [6.45, 7) is 0.907. The molecule has 0 aliphatic heterocycles. The van der Waals surface area contributed by atoms with Crippen LogP contribution in [0.3, 0.4) is 0 Å². The fourth-order valence-electron chi connectivity index (χ4n) is 0.956. The lowest BCUT2D eigenvalue weighted by Gasteiger charge is -2.06. The molecule has 3 N–H and O–H groups in total. The van der Waals surface area contributed by atoms with Crippen LogP contribution >= 0.6 is 0 Å². The molecule has 82 valence electrons. The van der Waals surface area contributed by atoms with E-state index < -0.39 is 11.9 Å². The Balaban J connectivity index is 2.41. The van der Waals surface area contributed by atoms with Gasteiger partial charge in [0.05, 0.1) is 0 Å². The lowest BCUT2D eigenvalue weighted by atomic mass is 10.3. The summed E-state index contributed by atoms with van der Waals surface area (Å²) in [5.41, 5.74) is 5.24. The lowest BCUT2D eigenvalue weighted by molar-refractivity contribution is 0.198. The highest BCUT2D eigenvalue weighted by atomic mass is 19.1. The fourth-order valence-corrected chi connectivity index (χ4v) is 0.956. The van der Waals surface area contributed by atoms with E-state index in [2.05, 4.69) is 5.32 Å². The van der Waals surface area contributed by atoms with E-state index in [4.69, 9.17) is 10.5 Å². The molecule has 5 heteroatoms. The van der Waals surface area contributed by atoms with Crippen LogP contribution in [0, 0.1) is 5.82 Å².